The molecule has 0 fully saturated rings. The van der Waals surface area contributed by atoms with E-state index < -0.39 is 0 Å². The highest BCUT2D eigenvalue weighted by molar-refractivity contribution is 6.11. The average molecular weight is 240 g/mol. The molecule has 0 N–H and O–H groups in total. The second kappa shape index (κ2) is 5.96. The lowest BCUT2D eigenvalue weighted by molar-refractivity contribution is 0.214. The number of aromatic nitrogens is 1. The van der Waals surface area contributed by atoms with E-state index in [0.29, 0.717) is 0 Å². The Morgan fingerprint density at radius 2 is 2.11 bits per heavy atom. The first-order valence-corrected chi connectivity index (χ1v) is 5.97. The number of hydrogen-bond acceptors (Lipinski definition) is 3. The van der Waals surface area contributed by atoms with Gasteiger partial charge >= 0.3 is 0 Å². The molecule has 3 nitrogen and oxygen atoms in total. The van der Waals surface area contributed by atoms with Gasteiger partial charge in [-0.1, -0.05) is 36.3 Å². The molecule has 0 saturated heterocycles. The molecule has 2 rings (SSSR count). The molecule has 92 valence electrons. The van der Waals surface area contributed by atoms with Gasteiger partial charge in [-0.15, -0.1) is 0 Å². The number of oxime groups is 1. The van der Waals surface area contributed by atoms with Crippen molar-refractivity contribution >= 4 is 5.71 Å². The summed E-state index contributed by atoms with van der Waals surface area (Å²) in [5.41, 5.74) is 3.86. The van der Waals surface area contributed by atoms with Crippen LogP contribution in [0.25, 0.3) is 0 Å². The molecule has 0 aliphatic carbocycles. The summed E-state index contributed by atoms with van der Waals surface area (Å²) >= 11 is 0. The number of aryl methyl sites for hydroxylation is 1. The minimum absolute atomic E-state index is 0.758. The largest absolute Gasteiger partial charge is 0.399 e. The molecule has 0 aliphatic heterocycles. The van der Waals surface area contributed by atoms with Gasteiger partial charge < -0.3 is 4.84 Å². The van der Waals surface area contributed by atoms with Gasteiger partial charge in [-0.25, -0.2) is 0 Å². The van der Waals surface area contributed by atoms with Crippen molar-refractivity contribution in [2.24, 2.45) is 5.16 Å². The molecule has 1 heterocycles. The Balaban J connectivity index is 2.45. The van der Waals surface area contributed by atoms with E-state index in [4.69, 9.17) is 4.84 Å². The Morgan fingerprint density at radius 3 is 2.78 bits per heavy atom. The van der Waals surface area contributed by atoms with E-state index in [-0.39, 0.29) is 0 Å². The van der Waals surface area contributed by atoms with Crippen LogP contribution in [0, 0.1) is 0 Å². The van der Waals surface area contributed by atoms with E-state index in [0.717, 1.165) is 23.4 Å². The lowest BCUT2D eigenvalue weighted by atomic mass is 10.0. The molecular weight excluding hydrogens is 224 g/mol. The molecule has 0 unspecified atom stereocenters. The average Bonchev–Trinajstić information content (AvgIpc) is 2.46. The van der Waals surface area contributed by atoms with E-state index >= 15 is 0 Å². The zero-order chi connectivity index (χ0) is 12.8. The zero-order valence-electron chi connectivity index (χ0n) is 10.6. The smallest absolute Gasteiger partial charge is 0.135 e. The second-order valence-electron chi connectivity index (χ2n) is 3.89. The number of hydrogen-bond donors (Lipinski definition) is 0. The van der Waals surface area contributed by atoms with Crippen LogP contribution in [0.4, 0.5) is 0 Å². The summed E-state index contributed by atoms with van der Waals surface area (Å²) in [6.45, 7) is 2.13. The highest BCUT2D eigenvalue weighted by Gasteiger charge is 2.09. The molecule has 1 aromatic carbocycles. The summed E-state index contributed by atoms with van der Waals surface area (Å²) in [6.07, 6.45) is 2.75. The van der Waals surface area contributed by atoms with Crippen LogP contribution in [0.1, 0.15) is 23.7 Å². The standard InChI is InChI=1S/C15H16N2O/c1-3-12-7-6-8-13(11-12)15(17-18-2)14-9-4-5-10-16-14/h4-11H,3H2,1-2H3/b17-15+. The fourth-order valence-corrected chi connectivity index (χ4v) is 1.78. The van der Waals surface area contributed by atoms with Crippen LogP contribution < -0.4 is 0 Å². The van der Waals surface area contributed by atoms with Gasteiger partial charge in [0.05, 0.1) is 5.69 Å². The zero-order valence-corrected chi connectivity index (χ0v) is 10.6. The van der Waals surface area contributed by atoms with Gasteiger partial charge in [0.25, 0.3) is 0 Å². The molecule has 0 spiro atoms. The van der Waals surface area contributed by atoms with Crippen molar-refractivity contribution in [2.75, 3.05) is 7.11 Å². The van der Waals surface area contributed by atoms with Gasteiger partial charge in [-0.3, -0.25) is 4.98 Å². The van der Waals surface area contributed by atoms with E-state index in [1.54, 1.807) is 13.3 Å². The van der Waals surface area contributed by atoms with Crippen LogP contribution in [0.3, 0.4) is 0 Å². The molecule has 0 bridgehead atoms. The van der Waals surface area contributed by atoms with Crippen LogP contribution in [-0.2, 0) is 11.3 Å². The summed E-state index contributed by atoms with van der Waals surface area (Å²) in [5.74, 6) is 0. The van der Waals surface area contributed by atoms with Crippen molar-refractivity contribution in [3.63, 3.8) is 0 Å². The third-order valence-electron chi connectivity index (χ3n) is 2.70. The first kappa shape index (κ1) is 12.3. The molecule has 0 atom stereocenters. The van der Waals surface area contributed by atoms with Crippen LogP contribution in [0.5, 0.6) is 0 Å². The van der Waals surface area contributed by atoms with Gasteiger partial charge in [0.1, 0.15) is 12.8 Å². The molecule has 0 radical (unpaired) electrons. The molecule has 0 aliphatic rings. The molecule has 2 aromatic rings. The number of benzene rings is 1. The highest BCUT2D eigenvalue weighted by Crippen LogP contribution is 2.12. The van der Waals surface area contributed by atoms with Crippen molar-refractivity contribution < 1.29 is 4.84 Å². The molecule has 1 aromatic heterocycles. The van der Waals surface area contributed by atoms with Crippen molar-refractivity contribution in [1.29, 1.82) is 0 Å². The monoisotopic (exact) mass is 240 g/mol. The number of pyridine rings is 1. The Hall–Kier alpha value is -2.16. The Morgan fingerprint density at radius 1 is 1.22 bits per heavy atom. The predicted molar refractivity (Wildman–Crippen MR) is 72.7 cm³/mol. The van der Waals surface area contributed by atoms with E-state index in [9.17, 15) is 0 Å². The Labute approximate surface area is 107 Å². The topological polar surface area (TPSA) is 34.5 Å². The molecular formula is C15H16N2O. The van der Waals surface area contributed by atoms with Gasteiger partial charge in [0, 0.05) is 11.8 Å². The molecule has 0 saturated carbocycles. The maximum Gasteiger partial charge on any atom is 0.135 e. The minimum atomic E-state index is 0.758. The van der Waals surface area contributed by atoms with E-state index in [1.807, 2.05) is 30.3 Å². The number of rotatable bonds is 4. The first-order valence-electron chi connectivity index (χ1n) is 5.97. The fraction of sp³-hybridized carbons (Fsp3) is 0.200. The lowest BCUT2D eigenvalue weighted by Crippen LogP contribution is -2.06. The molecule has 18 heavy (non-hydrogen) atoms. The molecule has 0 amide bonds. The normalized spacial score (nSPS) is 11.3. The SMILES string of the molecule is CCc1cccc(/C(=N\OC)c2ccccn2)c1. The van der Waals surface area contributed by atoms with Crippen LogP contribution in [0.15, 0.2) is 53.8 Å². The first-order chi connectivity index (χ1) is 8.85. The van der Waals surface area contributed by atoms with Gasteiger partial charge in [-0.05, 0) is 30.2 Å². The van der Waals surface area contributed by atoms with Crippen LogP contribution >= 0.6 is 0 Å². The van der Waals surface area contributed by atoms with Crippen LogP contribution in [0.2, 0.25) is 0 Å². The van der Waals surface area contributed by atoms with Gasteiger partial charge in [-0.2, -0.15) is 0 Å². The minimum Gasteiger partial charge on any atom is -0.399 e. The molecule has 3 heteroatoms. The Kier molecular flexibility index (Phi) is 4.07. The summed E-state index contributed by atoms with van der Waals surface area (Å²) in [4.78, 5) is 9.25. The second-order valence-corrected chi connectivity index (χ2v) is 3.89. The maximum atomic E-state index is 4.93. The fourth-order valence-electron chi connectivity index (χ4n) is 1.78. The van der Waals surface area contributed by atoms with Crippen molar-refractivity contribution in [1.82, 2.24) is 4.98 Å². The van der Waals surface area contributed by atoms with Crippen molar-refractivity contribution in [2.45, 2.75) is 13.3 Å². The van der Waals surface area contributed by atoms with E-state index in [1.165, 1.54) is 5.56 Å². The van der Waals surface area contributed by atoms with Crippen molar-refractivity contribution in [3.8, 4) is 0 Å². The quantitative estimate of drug-likeness (QED) is 0.608. The van der Waals surface area contributed by atoms with Gasteiger partial charge in [0.15, 0.2) is 0 Å². The predicted octanol–water partition coefficient (Wildman–Crippen LogP) is 3.04. The van der Waals surface area contributed by atoms with Crippen LogP contribution in [-0.4, -0.2) is 17.8 Å². The summed E-state index contributed by atoms with van der Waals surface area (Å²) < 4.78 is 0. The summed E-state index contributed by atoms with van der Waals surface area (Å²) in [7, 11) is 1.55. The van der Waals surface area contributed by atoms with E-state index in [2.05, 4.69) is 29.2 Å². The van der Waals surface area contributed by atoms with Gasteiger partial charge in [0.2, 0.25) is 0 Å². The summed E-state index contributed by atoms with van der Waals surface area (Å²) in [6, 6.07) is 14.0. The maximum absolute atomic E-state index is 4.93. The highest BCUT2D eigenvalue weighted by atomic mass is 16.6. The summed E-state index contributed by atoms with van der Waals surface area (Å²) in [5, 5.41) is 4.09. The van der Waals surface area contributed by atoms with Crippen molar-refractivity contribution in [3.05, 3.63) is 65.5 Å². The number of nitrogens with zero attached hydrogens (tertiary/aromatic N) is 2. The lowest BCUT2D eigenvalue weighted by Gasteiger charge is -2.06. The third kappa shape index (κ3) is 2.74. The Bertz CT molecular complexity index is 535. The third-order valence-corrected chi connectivity index (χ3v) is 2.70.